The molecule has 1 rings (SSSR count). The van der Waals surface area contributed by atoms with E-state index in [-0.39, 0.29) is 5.63 Å². The average Bonchev–Trinajstić information content (AvgIpc) is 2.47. The van der Waals surface area contributed by atoms with Gasteiger partial charge in [-0.3, -0.25) is 4.74 Å². The molecule has 0 saturated carbocycles. The van der Waals surface area contributed by atoms with E-state index in [1.54, 1.807) is 6.07 Å². The summed E-state index contributed by atoms with van der Waals surface area (Å²) in [5, 5.41) is 0. The summed E-state index contributed by atoms with van der Waals surface area (Å²) in [4.78, 5) is 11.6. The predicted octanol–water partition coefficient (Wildman–Crippen LogP) is 6.18. The van der Waals surface area contributed by atoms with E-state index >= 15 is 0 Å². The Labute approximate surface area is 135 Å². The topological polar surface area (TPSA) is 42.6 Å². The summed E-state index contributed by atoms with van der Waals surface area (Å²) in [6.07, 6.45) is 11.0. The van der Waals surface area contributed by atoms with E-state index in [2.05, 4.69) is 20.8 Å². The van der Waals surface area contributed by atoms with Crippen molar-refractivity contribution in [1.29, 1.82) is 0 Å². The van der Waals surface area contributed by atoms with Gasteiger partial charge >= 0.3 is 5.63 Å². The molecule has 0 spiro atoms. The normalized spacial score (nSPS) is 11.6. The molecule has 4 heteroatoms. The van der Waals surface area contributed by atoms with Crippen LogP contribution in [0.25, 0.3) is 0 Å². The van der Waals surface area contributed by atoms with Crippen LogP contribution in [0.2, 0.25) is 0 Å². The zero-order valence-corrected chi connectivity index (χ0v) is 15.6. The molecule has 0 atom stereocenters. The first-order valence-corrected chi connectivity index (χ1v) is 11.1. The molecule has 1 aromatic rings. The second-order valence-electron chi connectivity index (χ2n) is 6.17. The Morgan fingerprint density at radius 1 is 0.955 bits per heavy atom. The summed E-state index contributed by atoms with van der Waals surface area (Å²) >= 11 is 0. The van der Waals surface area contributed by atoms with Crippen LogP contribution in [0.4, 0.5) is 5.69 Å². The van der Waals surface area contributed by atoms with Crippen molar-refractivity contribution in [1.82, 2.24) is 0 Å². The van der Waals surface area contributed by atoms with Crippen molar-refractivity contribution in [2.45, 2.75) is 66.2 Å². The third-order valence-electron chi connectivity index (χ3n) is 3.99. The van der Waals surface area contributed by atoms with Crippen molar-refractivity contribution in [3.8, 4) is 0 Å². The molecule has 0 N–H and O–H groups in total. The van der Waals surface area contributed by atoms with Crippen LogP contribution in [0.3, 0.4) is 0 Å². The van der Waals surface area contributed by atoms with E-state index in [1.807, 2.05) is 13.0 Å². The molecule has 3 nitrogen and oxygen atoms in total. The van der Waals surface area contributed by atoms with E-state index in [9.17, 15) is 4.79 Å². The average molecular weight is 325 g/mol. The lowest BCUT2D eigenvalue weighted by molar-refractivity contribution is 0.481. The van der Waals surface area contributed by atoms with Crippen molar-refractivity contribution in [3.05, 3.63) is 28.3 Å². The highest BCUT2D eigenvalue weighted by atomic mass is 31.2. The molecule has 1 heterocycles. The molecule has 0 aliphatic heterocycles. The van der Waals surface area contributed by atoms with Crippen LogP contribution in [-0.4, -0.2) is 18.5 Å². The standard InChI is InChI=1S/C18H32NO2P/c1-5-8-11-22(12-9-6-2,13-10-7-3)19-17-14-16(4)21-18(20)15-17/h14-15H,5-13H2,1-4H3. The fourth-order valence-corrected chi connectivity index (χ4v) is 7.02. The van der Waals surface area contributed by atoms with Crippen molar-refractivity contribution >= 4 is 12.7 Å². The maximum atomic E-state index is 11.6. The third-order valence-corrected chi connectivity index (χ3v) is 8.09. The van der Waals surface area contributed by atoms with Crippen molar-refractivity contribution in [2.75, 3.05) is 18.5 Å². The molecule has 0 aromatic carbocycles. The van der Waals surface area contributed by atoms with Crippen LogP contribution < -0.4 is 5.63 Å². The van der Waals surface area contributed by atoms with Crippen LogP contribution in [0, 0.1) is 6.92 Å². The Hall–Kier alpha value is -0.820. The zero-order chi connectivity index (χ0) is 16.4. The van der Waals surface area contributed by atoms with Gasteiger partial charge in [0.1, 0.15) is 5.76 Å². The van der Waals surface area contributed by atoms with E-state index in [0.29, 0.717) is 5.76 Å². The summed E-state index contributed by atoms with van der Waals surface area (Å²) in [7, 11) is -1.36. The van der Waals surface area contributed by atoms with E-state index < -0.39 is 7.05 Å². The monoisotopic (exact) mass is 325 g/mol. The maximum absolute atomic E-state index is 11.6. The van der Waals surface area contributed by atoms with Gasteiger partial charge in [-0.15, -0.1) is 0 Å². The van der Waals surface area contributed by atoms with E-state index in [0.717, 1.165) is 5.69 Å². The summed E-state index contributed by atoms with van der Waals surface area (Å²) in [6.45, 7) is 8.56. The van der Waals surface area contributed by atoms with Crippen LogP contribution in [0.15, 0.2) is 26.1 Å². The molecule has 126 valence electrons. The van der Waals surface area contributed by atoms with Gasteiger partial charge in [0, 0.05) is 12.1 Å². The van der Waals surface area contributed by atoms with Gasteiger partial charge in [-0.25, -0.2) is 4.79 Å². The number of rotatable bonds is 10. The minimum atomic E-state index is -1.36. The van der Waals surface area contributed by atoms with Gasteiger partial charge in [0.2, 0.25) is 0 Å². The van der Waals surface area contributed by atoms with Crippen LogP contribution >= 0.6 is 7.05 Å². The first-order valence-electron chi connectivity index (χ1n) is 8.76. The Balaban J connectivity index is 3.22. The second kappa shape index (κ2) is 10.0. The highest BCUT2D eigenvalue weighted by Gasteiger charge is 2.18. The number of hydrogen-bond acceptors (Lipinski definition) is 3. The highest BCUT2D eigenvalue weighted by molar-refractivity contribution is 7.66. The van der Waals surface area contributed by atoms with Gasteiger partial charge in [0.05, 0.1) is 5.69 Å². The van der Waals surface area contributed by atoms with Gasteiger partial charge < -0.3 is 4.42 Å². The second-order valence-corrected chi connectivity index (χ2v) is 9.90. The minimum absolute atomic E-state index is 0.279. The minimum Gasteiger partial charge on any atom is -0.428 e. The number of unbranched alkanes of at least 4 members (excludes halogenated alkanes) is 3. The lowest BCUT2D eigenvalue weighted by atomic mass is 10.4. The quantitative estimate of drug-likeness (QED) is 0.482. The van der Waals surface area contributed by atoms with E-state index in [1.165, 1.54) is 57.0 Å². The first kappa shape index (κ1) is 19.2. The molecule has 0 unspecified atom stereocenters. The van der Waals surface area contributed by atoms with Gasteiger partial charge in [-0.2, -0.15) is 0 Å². The summed E-state index contributed by atoms with van der Waals surface area (Å²) in [5.41, 5.74) is 0.559. The van der Waals surface area contributed by atoms with Gasteiger partial charge in [-0.1, -0.05) is 40.0 Å². The molecule has 22 heavy (non-hydrogen) atoms. The van der Waals surface area contributed by atoms with Gasteiger partial charge in [0.25, 0.3) is 0 Å². The van der Waals surface area contributed by atoms with Crippen LogP contribution in [-0.2, 0) is 0 Å². The maximum Gasteiger partial charge on any atom is 0.338 e. The zero-order valence-electron chi connectivity index (χ0n) is 14.7. The Kier molecular flexibility index (Phi) is 8.78. The lowest BCUT2D eigenvalue weighted by Gasteiger charge is -2.25. The van der Waals surface area contributed by atoms with Gasteiger partial charge in [0.15, 0.2) is 0 Å². The summed E-state index contributed by atoms with van der Waals surface area (Å²) < 4.78 is 10.2. The van der Waals surface area contributed by atoms with E-state index in [4.69, 9.17) is 9.16 Å². The number of nitrogens with zero attached hydrogens (tertiary/aromatic N) is 1. The lowest BCUT2D eigenvalue weighted by Crippen LogP contribution is -2.02. The third kappa shape index (κ3) is 6.52. The molecule has 0 amide bonds. The number of aryl methyl sites for hydroxylation is 1. The van der Waals surface area contributed by atoms with Crippen LogP contribution in [0.5, 0.6) is 0 Å². The highest BCUT2D eigenvalue weighted by Crippen LogP contribution is 2.54. The first-order chi connectivity index (χ1) is 10.5. The van der Waals surface area contributed by atoms with Gasteiger partial charge in [-0.05, 0) is 51.7 Å². The van der Waals surface area contributed by atoms with Crippen molar-refractivity contribution in [3.63, 3.8) is 0 Å². The molecular formula is C18H32NO2P. The largest absolute Gasteiger partial charge is 0.428 e. The molecule has 0 saturated heterocycles. The fraction of sp³-hybridized carbons (Fsp3) is 0.722. The molecule has 0 aliphatic rings. The molecule has 1 aromatic heterocycles. The van der Waals surface area contributed by atoms with Crippen molar-refractivity contribution < 1.29 is 4.42 Å². The SMILES string of the molecule is CCCCP(CCCC)(CCCC)=Nc1cc(C)oc(=O)c1. The molecule has 0 radical (unpaired) electrons. The number of hydrogen-bond donors (Lipinski definition) is 0. The Morgan fingerprint density at radius 2 is 1.45 bits per heavy atom. The Bertz CT molecular complexity index is 520. The molecule has 0 bridgehead atoms. The fourth-order valence-electron chi connectivity index (χ4n) is 2.73. The summed E-state index contributed by atoms with van der Waals surface area (Å²) in [6, 6.07) is 3.48. The summed E-state index contributed by atoms with van der Waals surface area (Å²) in [5.74, 6) is 0.658. The predicted molar refractivity (Wildman–Crippen MR) is 98.0 cm³/mol. The molecular weight excluding hydrogens is 293 g/mol. The Morgan fingerprint density at radius 3 is 1.86 bits per heavy atom. The molecule has 0 aliphatic carbocycles. The van der Waals surface area contributed by atoms with Crippen molar-refractivity contribution in [2.24, 2.45) is 4.74 Å². The smallest absolute Gasteiger partial charge is 0.338 e. The molecule has 0 fully saturated rings. The van der Waals surface area contributed by atoms with Crippen LogP contribution in [0.1, 0.15) is 65.1 Å².